The van der Waals surface area contributed by atoms with Gasteiger partial charge < -0.3 is 45.6 Å². The Balaban J connectivity index is 1.69. The smallest absolute Gasteiger partial charge is 0.200 e. The van der Waals surface area contributed by atoms with Gasteiger partial charge >= 0.3 is 0 Å². The SMILES string of the molecule is Oc1cc(O)cc(C2c3c(/C=C/c4ccc(O)c(O)c4)cc(O)cc3OC2c2cc(O)c(O)c(O)c2)c1. The molecular weight excluding hydrogens is 480 g/mol. The maximum atomic E-state index is 10.4. The molecule has 1 aliphatic heterocycles. The third kappa shape index (κ3) is 4.34. The highest BCUT2D eigenvalue weighted by Gasteiger charge is 2.39. The molecule has 0 spiro atoms. The molecule has 1 aliphatic rings. The summed E-state index contributed by atoms with van der Waals surface area (Å²) in [5.74, 6) is -3.33. The third-order valence-corrected chi connectivity index (χ3v) is 6.19. The molecule has 0 radical (unpaired) electrons. The second-order valence-corrected chi connectivity index (χ2v) is 8.73. The molecule has 2 unspecified atom stereocenters. The Morgan fingerprint density at radius 2 is 1.22 bits per heavy atom. The van der Waals surface area contributed by atoms with Gasteiger partial charge in [-0.3, -0.25) is 0 Å². The average Bonchev–Trinajstić information content (AvgIpc) is 3.21. The summed E-state index contributed by atoms with van der Waals surface area (Å²) in [5, 5.41) is 80.2. The van der Waals surface area contributed by atoms with Crippen molar-refractivity contribution in [3.63, 3.8) is 0 Å². The van der Waals surface area contributed by atoms with E-state index in [2.05, 4.69) is 0 Å². The summed E-state index contributed by atoms with van der Waals surface area (Å²) in [6.45, 7) is 0. The molecule has 0 aliphatic carbocycles. The second-order valence-electron chi connectivity index (χ2n) is 8.73. The molecule has 0 saturated carbocycles. The Hall–Kier alpha value is -5.18. The highest BCUT2D eigenvalue weighted by Crippen LogP contribution is 2.54. The van der Waals surface area contributed by atoms with Crippen molar-refractivity contribution >= 4 is 12.2 Å². The first kappa shape index (κ1) is 23.6. The van der Waals surface area contributed by atoms with Crippen molar-refractivity contribution in [3.8, 4) is 51.7 Å². The minimum atomic E-state index is -0.903. The van der Waals surface area contributed by atoms with Gasteiger partial charge in [0.15, 0.2) is 28.7 Å². The summed E-state index contributed by atoms with van der Waals surface area (Å²) in [4.78, 5) is 0. The molecule has 188 valence electrons. The Bertz CT molecular complexity index is 1510. The van der Waals surface area contributed by atoms with Gasteiger partial charge in [-0.05, 0) is 59.2 Å². The van der Waals surface area contributed by atoms with Crippen LogP contribution in [0.25, 0.3) is 12.2 Å². The van der Waals surface area contributed by atoms with Crippen LogP contribution < -0.4 is 4.74 Å². The Labute approximate surface area is 210 Å². The maximum Gasteiger partial charge on any atom is 0.200 e. The van der Waals surface area contributed by atoms with Crippen LogP contribution in [0.3, 0.4) is 0 Å². The van der Waals surface area contributed by atoms with Crippen LogP contribution >= 0.6 is 0 Å². The van der Waals surface area contributed by atoms with Gasteiger partial charge in [0.05, 0.1) is 5.92 Å². The predicted octanol–water partition coefficient (Wildman–Crippen LogP) is 4.77. The summed E-state index contributed by atoms with van der Waals surface area (Å²) in [7, 11) is 0. The van der Waals surface area contributed by atoms with E-state index in [1.807, 2.05) is 0 Å². The number of fused-ring (bicyclic) bond motifs is 1. The maximum absolute atomic E-state index is 10.4. The largest absolute Gasteiger partial charge is 0.508 e. The number of phenols is 8. The van der Waals surface area contributed by atoms with Crippen LogP contribution in [-0.2, 0) is 0 Å². The highest BCUT2D eigenvalue weighted by molar-refractivity contribution is 5.76. The molecule has 4 aromatic rings. The van der Waals surface area contributed by atoms with Gasteiger partial charge in [-0.25, -0.2) is 0 Å². The lowest BCUT2D eigenvalue weighted by atomic mass is 9.82. The number of hydrogen-bond donors (Lipinski definition) is 8. The number of phenolic OH excluding ortho intramolecular Hbond substituents is 8. The predicted molar refractivity (Wildman–Crippen MR) is 133 cm³/mol. The van der Waals surface area contributed by atoms with Crippen LogP contribution in [0.5, 0.6) is 51.7 Å². The molecule has 0 aromatic heterocycles. The van der Waals surface area contributed by atoms with Gasteiger partial charge in [-0.1, -0.05) is 18.2 Å². The van der Waals surface area contributed by atoms with Gasteiger partial charge in [0.1, 0.15) is 29.1 Å². The number of ether oxygens (including phenoxy) is 1. The molecule has 8 N–H and O–H groups in total. The van der Waals surface area contributed by atoms with Crippen LogP contribution in [0.4, 0.5) is 0 Å². The number of benzene rings is 4. The van der Waals surface area contributed by atoms with Crippen molar-refractivity contribution in [2.75, 3.05) is 0 Å². The zero-order valence-corrected chi connectivity index (χ0v) is 19.1. The molecule has 9 heteroatoms. The minimum absolute atomic E-state index is 0.110. The summed E-state index contributed by atoms with van der Waals surface area (Å²) in [6.07, 6.45) is 2.41. The van der Waals surface area contributed by atoms with Crippen LogP contribution in [0.1, 0.15) is 39.8 Å². The number of hydrogen-bond acceptors (Lipinski definition) is 9. The summed E-state index contributed by atoms with van der Waals surface area (Å²) in [5.41, 5.74) is 2.36. The molecule has 1 heterocycles. The van der Waals surface area contributed by atoms with E-state index in [0.29, 0.717) is 22.3 Å². The first-order valence-electron chi connectivity index (χ1n) is 11.1. The fourth-order valence-electron chi connectivity index (χ4n) is 4.58. The summed E-state index contributed by atoms with van der Waals surface area (Å²) < 4.78 is 6.16. The van der Waals surface area contributed by atoms with Crippen molar-refractivity contribution in [2.24, 2.45) is 0 Å². The van der Waals surface area contributed by atoms with Gasteiger partial charge in [-0.2, -0.15) is 0 Å². The van der Waals surface area contributed by atoms with E-state index in [1.165, 1.54) is 54.6 Å². The molecular formula is C28H22O9. The molecule has 0 saturated heterocycles. The molecule has 2 atom stereocenters. The first-order valence-corrected chi connectivity index (χ1v) is 11.1. The molecule has 0 fully saturated rings. The topological polar surface area (TPSA) is 171 Å². The fourth-order valence-corrected chi connectivity index (χ4v) is 4.58. The third-order valence-electron chi connectivity index (χ3n) is 6.19. The molecule has 0 amide bonds. The Morgan fingerprint density at radius 3 is 1.86 bits per heavy atom. The van der Waals surface area contributed by atoms with Crippen LogP contribution in [0.2, 0.25) is 0 Å². The van der Waals surface area contributed by atoms with Crippen LogP contribution in [0.15, 0.2) is 60.7 Å². The lowest BCUT2D eigenvalue weighted by molar-refractivity contribution is 0.220. The second kappa shape index (κ2) is 8.80. The van der Waals surface area contributed by atoms with E-state index in [9.17, 15) is 40.9 Å². The molecule has 0 bridgehead atoms. The zero-order valence-electron chi connectivity index (χ0n) is 19.1. The van der Waals surface area contributed by atoms with Gasteiger partial charge in [0.2, 0.25) is 0 Å². The Kier molecular flexibility index (Phi) is 5.60. The highest BCUT2D eigenvalue weighted by atomic mass is 16.5. The van der Waals surface area contributed by atoms with E-state index in [4.69, 9.17) is 4.74 Å². The lowest BCUT2D eigenvalue weighted by Crippen LogP contribution is -2.12. The quantitative estimate of drug-likeness (QED) is 0.145. The normalized spacial score (nSPS) is 16.5. The van der Waals surface area contributed by atoms with Crippen LogP contribution in [-0.4, -0.2) is 40.9 Å². The first-order chi connectivity index (χ1) is 17.6. The van der Waals surface area contributed by atoms with Crippen molar-refractivity contribution < 1.29 is 45.6 Å². The molecule has 37 heavy (non-hydrogen) atoms. The van der Waals surface area contributed by atoms with Crippen molar-refractivity contribution in [2.45, 2.75) is 12.0 Å². The average molecular weight is 502 g/mol. The Morgan fingerprint density at radius 1 is 0.568 bits per heavy atom. The number of rotatable bonds is 4. The standard InChI is InChI=1S/C28H22O9/c29-17-7-15(8-18(30)11-17)26-25-14(3-1-13-2-4-20(32)21(33)5-13)6-19(31)12-24(25)37-28(26)16-9-22(34)27(36)23(35)10-16/h1-12,26,28-36H/b3-1+. The van der Waals surface area contributed by atoms with Crippen molar-refractivity contribution in [3.05, 3.63) is 88.5 Å². The molecule has 9 nitrogen and oxygen atoms in total. The van der Waals surface area contributed by atoms with E-state index >= 15 is 0 Å². The fraction of sp³-hybridized carbons (Fsp3) is 0.0714. The lowest BCUT2D eigenvalue weighted by Gasteiger charge is -2.22. The van der Waals surface area contributed by atoms with E-state index < -0.39 is 29.3 Å². The van der Waals surface area contributed by atoms with Crippen molar-refractivity contribution in [1.82, 2.24) is 0 Å². The monoisotopic (exact) mass is 502 g/mol. The van der Waals surface area contributed by atoms with Crippen molar-refractivity contribution in [1.29, 1.82) is 0 Å². The molecule has 4 aromatic carbocycles. The summed E-state index contributed by atoms with van der Waals surface area (Å²) in [6, 6.07) is 13.7. The molecule has 5 rings (SSSR count). The number of aromatic hydroxyl groups is 8. The van der Waals surface area contributed by atoms with Crippen LogP contribution in [0, 0.1) is 0 Å². The van der Waals surface area contributed by atoms with Gasteiger partial charge in [0, 0.05) is 23.3 Å². The zero-order chi connectivity index (χ0) is 26.4. The van der Waals surface area contributed by atoms with E-state index in [0.717, 1.165) is 0 Å². The minimum Gasteiger partial charge on any atom is -0.508 e. The van der Waals surface area contributed by atoms with E-state index in [-0.39, 0.29) is 40.1 Å². The van der Waals surface area contributed by atoms with Gasteiger partial charge in [-0.15, -0.1) is 0 Å². The summed E-state index contributed by atoms with van der Waals surface area (Å²) >= 11 is 0. The van der Waals surface area contributed by atoms with E-state index in [1.54, 1.807) is 18.2 Å². The van der Waals surface area contributed by atoms with Gasteiger partial charge in [0.25, 0.3) is 0 Å².